The zero-order valence-corrected chi connectivity index (χ0v) is 18.1. The van der Waals surface area contributed by atoms with Crippen molar-refractivity contribution in [3.8, 4) is 0 Å². The van der Waals surface area contributed by atoms with Gasteiger partial charge in [0, 0.05) is 13.1 Å². The summed E-state index contributed by atoms with van der Waals surface area (Å²) in [6, 6.07) is 13.8. The number of anilines is 2. The van der Waals surface area contributed by atoms with Crippen LogP contribution in [0.25, 0.3) is 0 Å². The summed E-state index contributed by atoms with van der Waals surface area (Å²) in [5, 5.41) is 2.72. The van der Waals surface area contributed by atoms with Crippen LogP contribution in [-0.4, -0.2) is 51.0 Å². The summed E-state index contributed by atoms with van der Waals surface area (Å²) in [5.74, 6) is -0.634. The number of rotatable bonds is 6. The lowest BCUT2D eigenvalue weighted by atomic mass is 10.1. The molecule has 8 heteroatoms. The van der Waals surface area contributed by atoms with Crippen LogP contribution < -0.4 is 9.62 Å². The topological polar surface area (TPSA) is 86.8 Å². The molecule has 7 nitrogen and oxygen atoms in total. The molecule has 0 radical (unpaired) electrons. The third-order valence-corrected chi connectivity index (χ3v) is 6.19. The van der Waals surface area contributed by atoms with Gasteiger partial charge in [-0.05, 0) is 56.0 Å². The Morgan fingerprint density at radius 1 is 1.03 bits per heavy atom. The van der Waals surface area contributed by atoms with Crippen LogP contribution >= 0.6 is 0 Å². The highest BCUT2D eigenvalue weighted by atomic mass is 32.2. The number of hydrogen-bond donors (Lipinski definition) is 1. The molecule has 0 aromatic heterocycles. The molecule has 30 heavy (non-hydrogen) atoms. The van der Waals surface area contributed by atoms with Crippen molar-refractivity contribution in [1.82, 2.24) is 4.90 Å². The first-order valence-electron chi connectivity index (χ1n) is 9.98. The van der Waals surface area contributed by atoms with Gasteiger partial charge < -0.3 is 10.2 Å². The van der Waals surface area contributed by atoms with Crippen molar-refractivity contribution in [3.05, 3.63) is 59.7 Å². The number of nitrogens with one attached hydrogen (secondary N) is 1. The van der Waals surface area contributed by atoms with Crippen molar-refractivity contribution < 1.29 is 18.0 Å². The molecule has 0 atom stereocenters. The Kier molecular flexibility index (Phi) is 6.77. The van der Waals surface area contributed by atoms with Gasteiger partial charge in [0.15, 0.2) is 0 Å². The van der Waals surface area contributed by atoms with Gasteiger partial charge in [-0.15, -0.1) is 0 Å². The molecular weight excluding hydrogens is 402 g/mol. The number of aryl methyl sites for hydroxylation is 1. The Balaban J connectivity index is 1.79. The van der Waals surface area contributed by atoms with Crippen LogP contribution in [0.15, 0.2) is 48.5 Å². The van der Waals surface area contributed by atoms with E-state index in [0.29, 0.717) is 30.0 Å². The standard InChI is InChI=1S/C22H27N3O4S/c1-17-9-8-10-18(15-17)25(30(2,28)29)16-21(26)23-20-12-5-4-11-19(20)22(27)24-13-6-3-7-14-24/h4-5,8-12,15H,3,6-7,13-14,16H2,1-2H3,(H,23,26). The second-order valence-electron chi connectivity index (χ2n) is 7.56. The summed E-state index contributed by atoms with van der Waals surface area (Å²) in [6.45, 7) is 2.88. The maximum atomic E-state index is 12.9. The molecule has 0 bridgehead atoms. The van der Waals surface area contributed by atoms with Gasteiger partial charge in [0.25, 0.3) is 5.91 Å². The summed E-state index contributed by atoms with van der Waals surface area (Å²) < 4.78 is 25.7. The Labute approximate surface area is 177 Å². The Hall–Kier alpha value is -2.87. The maximum absolute atomic E-state index is 12.9. The molecule has 1 heterocycles. The molecule has 2 amide bonds. The second kappa shape index (κ2) is 9.30. The fraction of sp³-hybridized carbons (Fsp3) is 0.364. The lowest BCUT2D eigenvalue weighted by Crippen LogP contribution is -2.38. The van der Waals surface area contributed by atoms with Crippen LogP contribution in [0.5, 0.6) is 0 Å². The smallest absolute Gasteiger partial charge is 0.255 e. The monoisotopic (exact) mass is 429 g/mol. The molecule has 1 fully saturated rings. The van der Waals surface area contributed by atoms with E-state index in [1.807, 2.05) is 13.0 Å². The number of amides is 2. The molecule has 160 valence electrons. The predicted octanol–water partition coefficient (Wildman–Crippen LogP) is 3.03. The molecule has 0 unspecified atom stereocenters. The summed E-state index contributed by atoms with van der Waals surface area (Å²) in [5.41, 5.74) is 2.11. The highest BCUT2D eigenvalue weighted by Gasteiger charge is 2.24. The first kappa shape index (κ1) is 21.8. The van der Waals surface area contributed by atoms with E-state index < -0.39 is 15.9 Å². The van der Waals surface area contributed by atoms with Gasteiger partial charge in [0.1, 0.15) is 6.54 Å². The molecule has 3 rings (SSSR count). The van der Waals surface area contributed by atoms with Gasteiger partial charge in [0.2, 0.25) is 15.9 Å². The van der Waals surface area contributed by atoms with Crippen molar-refractivity contribution in [3.63, 3.8) is 0 Å². The quantitative estimate of drug-likeness (QED) is 0.765. The van der Waals surface area contributed by atoms with Gasteiger partial charge in [-0.3, -0.25) is 13.9 Å². The number of hydrogen-bond acceptors (Lipinski definition) is 4. The van der Waals surface area contributed by atoms with E-state index in [1.54, 1.807) is 47.4 Å². The van der Waals surface area contributed by atoms with Gasteiger partial charge in [0.05, 0.1) is 23.2 Å². The number of sulfonamides is 1. The summed E-state index contributed by atoms with van der Waals surface area (Å²) in [4.78, 5) is 27.4. The van der Waals surface area contributed by atoms with Crippen LogP contribution in [0.4, 0.5) is 11.4 Å². The van der Waals surface area contributed by atoms with E-state index in [2.05, 4.69) is 5.32 Å². The lowest BCUT2D eigenvalue weighted by Gasteiger charge is -2.27. The third kappa shape index (κ3) is 5.38. The lowest BCUT2D eigenvalue weighted by molar-refractivity contribution is -0.114. The van der Waals surface area contributed by atoms with Crippen molar-refractivity contribution in [1.29, 1.82) is 0 Å². The number of para-hydroxylation sites is 1. The SMILES string of the molecule is Cc1cccc(N(CC(=O)Nc2ccccc2C(=O)N2CCCCC2)S(C)(=O)=O)c1. The van der Waals surface area contributed by atoms with E-state index in [9.17, 15) is 18.0 Å². The van der Waals surface area contributed by atoms with E-state index in [0.717, 1.165) is 35.4 Å². The molecular formula is C22H27N3O4S. The number of likely N-dealkylation sites (tertiary alicyclic amines) is 1. The summed E-state index contributed by atoms with van der Waals surface area (Å²) >= 11 is 0. The zero-order chi connectivity index (χ0) is 21.7. The molecule has 1 saturated heterocycles. The van der Waals surface area contributed by atoms with Crippen LogP contribution in [0.1, 0.15) is 35.2 Å². The van der Waals surface area contributed by atoms with Crippen LogP contribution in [0.2, 0.25) is 0 Å². The number of carbonyl (C=O) groups excluding carboxylic acids is 2. The molecule has 1 N–H and O–H groups in total. The molecule has 2 aromatic carbocycles. The minimum absolute atomic E-state index is 0.121. The molecule has 2 aromatic rings. The van der Waals surface area contributed by atoms with Crippen LogP contribution in [0.3, 0.4) is 0 Å². The number of carbonyl (C=O) groups is 2. The highest BCUT2D eigenvalue weighted by Crippen LogP contribution is 2.22. The minimum atomic E-state index is -3.67. The van der Waals surface area contributed by atoms with E-state index in [4.69, 9.17) is 0 Å². The Morgan fingerprint density at radius 3 is 2.40 bits per heavy atom. The first-order valence-corrected chi connectivity index (χ1v) is 11.8. The second-order valence-corrected chi connectivity index (χ2v) is 9.46. The summed E-state index contributed by atoms with van der Waals surface area (Å²) in [6.07, 6.45) is 4.12. The third-order valence-electron chi connectivity index (χ3n) is 5.05. The van der Waals surface area contributed by atoms with E-state index in [-0.39, 0.29) is 12.5 Å². The Bertz CT molecular complexity index is 1030. The molecule has 1 aliphatic heterocycles. The number of nitrogens with zero attached hydrogens (tertiary/aromatic N) is 2. The highest BCUT2D eigenvalue weighted by molar-refractivity contribution is 7.92. The van der Waals surface area contributed by atoms with Gasteiger partial charge in [-0.1, -0.05) is 24.3 Å². The maximum Gasteiger partial charge on any atom is 0.255 e. The largest absolute Gasteiger partial charge is 0.339 e. The average Bonchev–Trinajstić information content (AvgIpc) is 2.72. The van der Waals surface area contributed by atoms with Crippen LogP contribution in [-0.2, 0) is 14.8 Å². The summed E-state index contributed by atoms with van der Waals surface area (Å²) in [7, 11) is -3.67. The van der Waals surface area contributed by atoms with Gasteiger partial charge >= 0.3 is 0 Å². The normalized spacial score (nSPS) is 14.3. The molecule has 1 aliphatic rings. The number of benzene rings is 2. The number of piperidine rings is 1. The van der Waals surface area contributed by atoms with Crippen molar-refractivity contribution in [2.75, 3.05) is 35.5 Å². The zero-order valence-electron chi connectivity index (χ0n) is 17.3. The predicted molar refractivity (Wildman–Crippen MR) is 118 cm³/mol. The van der Waals surface area contributed by atoms with Crippen molar-refractivity contribution >= 4 is 33.2 Å². The fourth-order valence-electron chi connectivity index (χ4n) is 3.55. The molecule has 0 saturated carbocycles. The minimum Gasteiger partial charge on any atom is -0.339 e. The van der Waals surface area contributed by atoms with Gasteiger partial charge in [-0.2, -0.15) is 0 Å². The first-order chi connectivity index (χ1) is 14.3. The fourth-order valence-corrected chi connectivity index (χ4v) is 4.40. The molecule has 0 aliphatic carbocycles. The van der Waals surface area contributed by atoms with E-state index >= 15 is 0 Å². The molecule has 0 spiro atoms. The van der Waals surface area contributed by atoms with Crippen molar-refractivity contribution in [2.24, 2.45) is 0 Å². The van der Waals surface area contributed by atoms with E-state index in [1.165, 1.54) is 0 Å². The Morgan fingerprint density at radius 2 is 1.73 bits per heavy atom. The van der Waals surface area contributed by atoms with Crippen LogP contribution in [0, 0.1) is 6.92 Å². The van der Waals surface area contributed by atoms with Crippen molar-refractivity contribution in [2.45, 2.75) is 26.2 Å². The van der Waals surface area contributed by atoms with Gasteiger partial charge in [-0.25, -0.2) is 8.42 Å². The average molecular weight is 430 g/mol.